The first-order valence-corrected chi connectivity index (χ1v) is 12.7. The first-order valence-electron chi connectivity index (χ1n) is 12.7. The third kappa shape index (κ3) is 5.25. The number of amides is 4. The van der Waals surface area contributed by atoms with Crippen molar-refractivity contribution in [3.63, 3.8) is 0 Å². The van der Waals surface area contributed by atoms with Crippen LogP contribution in [-0.4, -0.2) is 50.6 Å². The number of benzene rings is 1. The van der Waals surface area contributed by atoms with Gasteiger partial charge in [-0.05, 0) is 68.0 Å². The minimum absolute atomic E-state index is 0.266. The second-order valence-electron chi connectivity index (χ2n) is 10.0. The van der Waals surface area contributed by atoms with Gasteiger partial charge in [-0.1, -0.05) is 25.1 Å². The zero-order chi connectivity index (χ0) is 27.7. The molecule has 0 bridgehead atoms. The van der Waals surface area contributed by atoms with Crippen LogP contribution in [0, 0.1) is 26.7 Å². The van der Waals surface area contributed by atoms with Crippen molar-refractivity contribution in [2.24, 2.45) is 13.0 Å². The minimum atomic E-state index is -0.973. The molecule has 4 rings (SSSR count). The van der Waals surface area contributed by atoms with Crippen molar-refractivity contribution in [1.29, 1.82) is 0 Å². The Morgan fingerprint density at radius 3 is 2.50 bits per heavy atom. The normalized spacial score (nSPS) is 17.6. The van der Waals surface area contributed by atoms with Crippen LogP contribution in [0.2, 0.25) is 0 Å². The number of anilines is 2. The van der Waals surface area contributed by atoms with E-state index in [-0.39, 0.29) is 18.4 Å². The number of likely N-dealkylation sites (tertiary alicyclic amines) is 1. The largest absolute Gasteiger partial charge is 0.384 e. The Morgan fingerprint density at radius 1 is 1.16 bits per heavy atom. The Bertz CT molecular complexity index is 1360. The number of nitrogens with zero attached hydrogens (tertiary/aromatic N) is 5. The second kappa shape index (κ2) is 10.6. The van der Waals surface area contributed by atoms with E-state index >= 15 is 0 Å². The summed E-state index contributed by atoms with van der Waals surface area (Å²) in [5.41, 5.74) is 11.2. The van der Waals surface area contributed by atoms with Crippen molar-refractivity contribution in [2.45, 2.75) is 52.6 Å². The van der Waals surface area contributed by atoms with Crippen molar-refractivity contribution >= 4 is 29.4 Å². The molecule has 10 nitrogen and oxygen atoms in total. The lowest BCUT2D eigenvalue weighted by Gasteiger charge is -2.46. The van der Waals surface area contributed by atoms with Crippen LogP contribution in [0.1, 0.15) is 47.3 Å². The van der Waals surface area contributed by atoms with E-state index in [1.54, 1.807) is 37.2 Å². The minimum Gasteiger partial charge on any atom is -0.384 e. The van der Waals surface area contributed by atoms with Gasteiger partial charge in [-0.15, -0.1) is 0 Å². The molecule has 1 saturated heterocycles. The Kier molecular flexibility index (Phi) is 7.52. The van der Waals surface area contributed by atoms with Crippen molar-refractivity contribution in [3.05, 3.63) is 70.7 Å². The van der Waals surface area contributed by atoms with Gasteiger partial charge in [-0.3, -0.25) is 19.2 Å². The number of carbonyl (C=O) groups excluding carboxylic acids is 3. The van der Waals surface area contributed by atoms with Gasteiger partial charge in [0.25, 0.3) is 5.91 Å². The maximum atomic E-state index is 13.7. The van der Waals surface area contributed by atoms with Gasteiger partial charge in [-0.25, -0.2) is 9.78 Å². The fraction of sp³-hybridized carbons (Fsp3) is 0.393. The fourth-order valence-corrected chi connectivity index (χ4v) is 4.92. The van der Waals surface area contributed by atoms with Gasteiger partial charge in [0.05, 0.1) is 23.8 Å². The predicted octanol–water partition coefficient (Wildman–Crippen LogP) is 3.22. The van der Waals surface area contributed by atoms with Crippen molar-refractivity contribution in [3.8, 4) is 0 Å². The average molecular weight is 518 g/mol. The maximum Gasteiger partial charge on any atom is 0.325 e. The number of pyridine rings is 1. The van der Waals surface area contributed by atoms with Gasteiger partial charge >= 0.3 is 6.03 Å². The molecule has 3 aromatic rings. The van der Waals surface area contributed by atoms with Crippen molar-refractivity contribution < 1.29 is 14.4 Å². The summed E-state index contributed by atoms with van der Waals surface area (Å²) in [7, 11) is 3.37. The average Bonchev–Trinajstić information content (AvgIpc) is 3.30. The molecule has 200 valence electrons. The molecule has 0 aliphatic carbocycles. The first kappa shape index (κ1) is 26.8. The van der Waals surface area contributed by atoms with E-state index in [0.29, 0.717) is 17.9 Å². The Labute approximate surface area is 222 Å². The summed E-state index contributed by atoms with van der Waals surface area (Å²) in [5.74, 6) is -1.13. The standard InChI is InChI=1S/C28H35N7O3/c1-7-23(20-9-8-16(2)17(3)10-20)32-28(38)35-25(27(37)34(6)21-14-30-33(5)15-21)22(26(35)36)12-19-11-18(4)31-24(29)13-19/h8-11,13-15,22-23,25H,7,12H2,1-6H3,(H2,29,31)(H,32,38)/t22-,23?,25+/m1/s1. The molecule has 1 unspecified atom stereocenters. The van der Waals surface area contributed by atoms with E-state index in [1.807, 2.05) is 52.0 Å². The molecular weight excluding hydrogens is 482 g/mol. The lowest BCUT2D eigenvalue weighted by atomic mass is 9.81. The number of likely N-dealkylation sites (N-methyl/N-ethyl adjacent to an activating group) is 1. The van der Waals surface area contributed by atoms with Gasteiger partial charge < -0.3 is 16.0 Å². The number of carbonyl (C=O) groups is 3. The van der Waals surface area contributed by atoms with Crippen LogP contribution in [0.15, 0.2) is 42.7 Å². The lowest BCUT2D eigenvalue weighted by Crippen LogP contribution is -2.70. The molecule has 2 aromatic heterocycles. The molecule has 0 saturated carbocycles. The van der Waals surface area contributed by atoms with Gasteiger partial charge in [0.15, 0.2) is 0 Å². The third-order valence-electron chi connectivity index (χ3n) is 7.22. The smallest absolute Gasteiger partial charge is 0.325 e. The third-order valence-corrected chi connectivity index (χ3v) is 7.22. The molecule has 0 radical (unpaired) electrons. The Morgan fingerprint density at radius 2 is 1.89 bits per heavy atom. The van der Waals surface area contributed by atoms with Gasteiger partial charge in [0.1, 0.15) is 11.9 Å². The van der Waals surface area contributed by atoms with E-state index in [9.17, 15) is 14.4 Å². The monoisotopic (exact) mass is 517 g/mol. The number of urea groups is 1. The summed E-state index contributed by atoms with van der Waals surface area (Å²) in [5, 5.41) is 7.12. The summed E-state index contributed by atoms with van der Waals surface area (Å²) in [6.45, 7) is 7.84. The SMILES string of the molecule is CCC(NC(=O)N1C(=O)[C@H](Cc2cc(C)nc(N)c2)[C@H]1C(=O)N(C)c1cnn(C)c1)c1ccc(C)c(C)c1. The van der Waals surface area contributed by atoms with E-state index in [1.165, 1.54) is 4.90 Å². The number of aryl methyl sites for hydroxylation is 4. The molecule has 3 N–H and O–H groups in total. The zero-order valence-electron chi connectivity index (χ0n) is 22.7. The number of nitrogens with two attached hydrogens (primary N) is 1. The number of hydrogen-bond acceptors (Lipinski definition) is 6. The van der Waals surface area contributed by atoms with E-state index in [2.05, 4.69) is 15.4 Å². The highest BCUT2D eigenvalue weighted by Gasteiger charge is 2.55. The van der Waals surface area contributed by atoms with E-state index < -0.39 is 23.9 Å². The summed E-state index contributed by atoms with van der Waals surface area (Å²) in [6.07, 6.45) is 4.17. The molecule has 3 atom stereocenters. The van der Waals surface area contributed by atoms with Crippen LogP contribution in [0.25, 0.3) is 0 Å². The van der Waals surface area contributed by atoms with Gasteiger partial charge in [0, 0.05) is 26.0 Å². The van der Waals surface area contributed by atoms with Crippen LogP contribution in [0.4, 0.5) is 16.3 Å². The highest BCUT2D eigenvalue weighted by atomic mass is 16.2. The zero-order valence-corrected chi connectivity index (χ0v) is 22.7. The number of rotatable bonds is 7. The summed E-state index contributed by atoms with van der Waals surface area (Å²) in [6, 6.07) is 7.71. The van der Waals surface area contributed by atoms with E-state index in [4.69, 9.17) is 5.73 Å². The highest BCUT2D eigenvalue weighted by Crippen LogP contribution is 2.33. The number of nitrogen functional groups attached to an aromatic ring is 1. The van der Waals surface area contributed by atoms with Crippen molar-refractivity contribution in [1.82, 2.24) is 25.0 Å². The molecule has 1 aromatic carbocycles. The fourth-order valence-electron chi connectivity index (χ4n) is 4.92. The number of β-lactam (4-membered cyclic amide) rings is 1. The quantitative estimate of drug-likeness (QED) is 0.464. The molecule has 0 spiro atoms. The number of nitrogens with one attached hydrogen (secondary N) is 1. The highest BCUT2D eigenvalue weighted by molar-refractivity contribution is 6.12. The van der Waals surface area contributed by atoms with Crippen molar-refractivity contribution in [2.75, 3.05) is 17.7 Å². The maximum absolute atomic E-state index is 13.7. The molecule has 38 heavy (non-hydrogen) atoms. The Hall–Kier alpha value is -4.21. The number of hydrogen-bond donors (Lipinski definition) is 2. The molecule has 1 fully saturated rings. The van der Waals surface area contributed by atoms with Gasteiger partial charge in [-0.2, -0.15) is 5.10 Å². The summed E-state index contributed by atoms with van der Waals surface area (Å²) < 4.78 is 1.59. The van der Waals surface area contributed by atoms with Crippen LogP contribution in [0.3, 0.4) is 0 Å². The molecular formula is C28H35N7O3. The van der Waals surface area contributed by atoms with Crippen LogP contribution in [0.5, 0.6) is 0 Å². The topological polar surface area (TPSA) is 126 Å². The lowest BCUT2D eigenvalue weighted by molar-refractivity contribution is -0.156. The van der Waals surface area contributed by atoms with E-state index in [0.717, 1.165) is 32.8 Å². The molecule has 3 heterocycles. The summed E-state index contributed by atoms with van der Waals surface area (Å²) in [4.78, 5) is 47.3. The van der Waals surface area contributed by atoms with Crippen LogP contribution in [-0.2, 0) is 23.1 Å². The Balaban J connectivity index is 1.61. The number of aromatic nitrogens is 3. The molecule has 1 aliphatic heterocycles. The molecule has 10 heteroatoms. The second-order valence-corrected chi connectivity index (χ2v) is 10.0. The first-order chi connectivity index (χ1) is 18.0. The molecule has 1 aliphatic rings. The molecule has 4 amide bonds. The van der Waals surface area contributed by atoms with Crippen LogP contribution < -0.4 is 16.0 Å². The summed E-state index contributed by atoms with van der Waals surface area (Å²) >= 11 is 0. The van der Waals surface area contributed by atoms with Crippen LogP contribution >= 0.6 is 0 Å². The van der Waals surface area contributed by atoms with Gasteiger partial charge in [0.2, 0.25) is 5.91 Å². The number of imide groups is 1. The predicted molar refractivity (Wildman–Crippen MR) is 145 cm³/mol.